The number of hydrogen-bond donors (Lipinski definition) is 2. The lowest BCUT2D eigenvalue weighted by Gasteiger charge is -2.16. The van der Waals surface area contributed by atoms with E-state index in [0.717, 1.165) is 22.0 Å². The molecule has 0 aliphatic rings. The van der Waals surface area contributed by atoms with Crippen molar-refractivity contribution in [3.8, 4) is 0 Å². The lowest BCUT2D eigenvalue weighted by atomic mass is 10.1. The van der Waals surface area contributed by atoms with Gasteiger partial charge in [-0.3, -0.25) is 0 Å². The number of hydrogen-bond acceptors (Lipinski definition) is 3. The summed E-state index contributed by atoms with van der Waals surface area (Å²) in [6.07, 6.45) is 2.05. The van der Waals surface area contributed by atoms with E-state index in [1.165, 1.54) is 0 Å². The van der Waals surface area contributed by atoms with Gasteiger partial charge in [0.15, 0.2) is 0 Å². The molecular weight excluding hydrogens is 316 g/mol. The van der Waals surface area contributed by atoms with Crippen molar-refractivity contribution in [1.29, 1.82) is 0 Å². The van der Waals surface area contributed by atoms with Gasteiger partial charge in [-0.2, -0.15) is 0 Å². The molecule has 1 heterocycles. The minimum atomic E-state index is -0.525. The van der Waals surface area contributed by atoms with Gasteiger partial charge in [0.25, 0.3) is 0 Å². The van der Waals surface area contributed by atoms with E-state index in [1.54, 1.807) is 0 Å². The van der Waals surface area contributed by atoms with E-state index in [9.17, 15) is 9.90 Å². The van der Waals surface area contributed by atoms with E-state index in [0.29, 0.717) is 6.42 Å². The maximum absolute atomic E-state index is 12.0. The first-order valence-electron chi connectivity index (χ1n) is 8.28. The molecule has 130 valence electrons. The number of rotatable bonds is 6. The molecule has 0 unspecified atom stereocenters. The standard InChI is InChI=1S/C20H22N2O3/c1-22-12-16(18-9-5-6-10-19(18)22)11-17(13-23)21-20(24)25-14-15-7-3-2-4-8-15/h2-10,12,17,23H,11,13-14H2,1H3,(H,21,24)/t17-/m1/s1. The van der Waals surface area contributed by atoms with Crippen molar-refractivity contribution in [2.24, 2.45) is 7.05 Å². The van der Waals surface area contributed by atoms with E-state index in [1.807, 2.05) is 72.4 Å². The second kappa shape index (κ2) is 7.85. The van der Waals surface area contributed by atoms with Crippen molar-refractivity contribution in [1.82, 2.24) is 9.88 Å². The minimum Gasteiger partial charge on any atom is -0.445 e. The Morgan fingerprint density at radius 1 is 1.16 bits per heavy atom. The summed E-state index contributed by atoms with van der Waals surface area (Å²) in [5.41, 5.74) is 3.13. The summed E-state index contributed by atoms with van der Waals surface area (Å²) in [4.78, 5) is 12.0. The summed E-state index contributed by atoms with van der Waals surface area (Å²) < 4.78 is 7.27. The number of aryl methyl sites for hydroxylation is 1. The topological polar surface area (TPSA) is 63.5 Å². The van der Waals surface area contributed by atoms with Crippen LogP contribution < -0.4 is 5.32 Å². The number of aromatic nitrogens is 1. The summed E-state index contributed by atoms with van der Waals surface area (Å²) in [6, 6.07) is 17.2. The monoisotopic (exact) mass is 338 g/mol. The molecule has 0 bridgehead atoms. The highest BCUT2D eigenvalue weighted by molar-refractivity contribution is 5.84. The van der Waals surface area contributed by atoms with Crippen LogP contribution in [0.25, 0.3) is 10.9 Å². The highest BCUT2D eigenvalue weighted by Gasteiger charge is 2.16. The number of benzene rings is 2. The number of ether oxygens (including phenoxy) is 1. The molecule has 2 aromatic carbocycles. The summed E-state index contributed by atoms with van der Waals surface area (Å²) in [7, 11) is 1.99. The maximum atomic E-state index is 12.0. The molecule has 2 N–H and O–H groups in total. The van der Waals surface area contributed by atoms with Gasteiger partial charge in [-0.1, -0.05) is 48.5 Å². The Kier molecular flexibility index (Phi) is 5.36. The van der Waals surface area contributed by atoms with Crippen LogP contribution in [0.3, 0.4) is 0 Å². The van der Waals surface area contributed by atoms with Crippen LogP contribution in [0.5, 0.6) is 0 Å². The van der Waals surface area contributed by atoms with Gasteiger partial charge in [-0.25, -0.2) is 4.79 Å². The number of aliphatic hydroxyl groups is 1. The van der Waals surface area contributed by atoms with Crippen LogP contribution >= 0.6 is 0 Å². The Balaban J connectivity index is 1.61. The second-order valence-electron chi connectivity index (χ2n) is 6.07. The summed E-state index contributed by atoms with van der Waals surface area (Å²) in [5, 5.41) is 13.5. The average Bonchev–Trinajstić information content (AvgIpc) is 2.96. The second-order valence-corrected chi connectivity index (χ2v) is 6.07. The molecule has 5 heteroatoms. The predicted octanol–water partition coefficient (Wildman–Crippen LogP) is 3.01. The number of nitrogens with zero attached hydrogens (tertiary/aromatic N) is 1. The van der Waals surface area contributed by atoms with E-state index in [-0.39, 0.29) is 13.2 Å². The van der Waals surface area contributed by atoms with Gasteiger partial charge in [-0.15, -0.1) is 0 Å². The molecule has 1 aromatic heterocycles. The van der Waals surface area contributed by atoms with Gasteiger partial charge in [0.1, 0.15) is 6.61 Å². The lowest BCUT2D eigenvalue weighted by Crippen LogP contribution is -2.39. The highest BCUT2D eigenvalue weighted by Crippen LogP contribution is 2.21. The zero-order chi connectivity index (χ0) is 17.6. The molecule has 3 aromatic rings. The first-order chi connectivity index (χ1) is 12.2. The van der Waals surface area contributed by atoms with Crippen LogP contribution in [0.4, 0.5) is 4.79 Å². The third-order valence-corrected chi connectivity index (χ3v) is 4.20. The smallest absolute Gasteiger partial charge is 0.407 e. The van der Waals surface area contributed by atoms with Crippen LogP contribution in [-0.2, 0) is 24.8 Å². The molecule has 1 amide bonds. The third kappa shape index (κ3) is 4.19. The van der Waals surface area contributed by atoms with E-state index in [4.69, 9.17) is 4.74 Å². The quantitative estimate of drug-likeness (QED) is 0.726. The first-order valence-corrected chi connectivity index (χ1v) is 8.28. The number of para-hydroxylation sites is 1. The number of alkyl carbamates (subject to hydrolysis) is 1. The van der Waals surface area contributed by atoms with Gasteiger partial charge in [-0.05, 0) is 23.6 Å². The lowest BCUT2D eigenvalue weighted by molar-refractivity contribution is 0.129. The third-order valence-electron chi connectivity index (χ3n) is 4.20. The summed E-state index contributed by atoms with van der Waals surface area (Å²) in [5.74, 6) is 0. The van der Waals surface area contributed by atoms with Gasteiger partial charge in [0, 0.05) is 24.1 Å². The number of nitrogens with one attached hydrogen (secondary N) is 1. The fourth-order valence-corrected chi connectivity index (χ4v) is 2.95. The molecule has 0 saturated carbocycles. The Bertz CT molecular complexity index is 843. The Labute approximate surface area is 146 Å². The SMILES string of the molecule is Cn1cc(C[C@H](CO)NC(=O)OCc2ccccc2)c2ccccc21. The van der Waals surface area contributed by atoms with E-state index in [2.05, 4.69) is 5.32 Å². The number of carbonyl (C=O) groups is 1. The van der Waals surface area contributed by atoms with Gasteiger partial charge in [0.05, 0.1) is 12.6 Å². The average molecular weight is 338 g/mol. The number of carbonyl (C=O) groups excluding carboxylic acids is 1. The van der Waals surface area contributed by atoms with E-state index < -0.39 is 12.1 Å². The summed E-state index contributed by atoms with van der Waals surface area (Å²) >= 11 is 0. The van der Waals surface area contributed by atoms with Gasteiger partial charge < -0.3 is 19.7 Å². The molecule has 0 spiro atoms. The van der Waals surface area contributed by atoms with Crippen LogP contribution in [0.2, 0.25) is 0 Å². The largest absolute Gasteiger partial charge is 0.445 e. The van der Waals surface area contributed by atoms with Crippen molar-refractivity contribution in [2.45, 2.75) is 19.1 Å². The number of amides is 1. The van der Waals surface area contributed by atoms with Crippen LogP contribution in [0, 0.1) is 0 Å². The van der Waals surface area contributed by atoms with Gasteiger partial charge >= 0.3 is 6.09 Å². The van der Waals surface area contributed by atoms with Crippen molar-refractivity contribution >= 4 is 17.0 Å². The molecule has 5 nitrogen and oxygen atoms in total. The Hall–Kier alpha value is -2.79. The fraction of sp³-hybridized carbons (Fsp3) is 0.250. The zero-order valence-corrected chi connectivity index (χ0v) is 14.2. The Morgan fingerprint density at radius 2 is 1.88 bits per heavy atom. The van der Waals surface area contributed by atoms with E-state index >= 15 is 0 Å². The number of aliphatic hydroxyl groups excluding tert-OH is 1. The van der Waals surface area contributed by atoms with Crippen LogP contribution in [0.1, 0.15) is 11.1 Å². The minimum absolute atomic E-state index is 0.149. The fourth-order valence-electron chi connectivity index (χ4n) is 2.95. The maximum Gasteiger partial charge on any atom is 0.407 e. The molecule has 0 saturated heterocycles. The van der Waals surface area contributed by atoms with Crippen molar-refractivity contribution in [2.75, 3.05) is 6.61 Å². The Morgan fingerprint density at radius 3 is 2.64 bits per heavy atom. The van der Waals surface area contributed by atoms with Crippen LogP contribution in [0.15, 0.2) is 60.8 Å². The van der Waals surface area contributed by atoms with Crippen molar-refractivity contribution in [3.63, 3.8) is 0 Å². The molecule has 0 aliphatic heterocycles. The molecule has 0 aliphatic carbocycles. The molecule has 3 rings (SSSR count). The molecule has 0 fully saturated rings. The predicted molar refractivity (Wildman–Crippen MR) is 97.3 cm³/mol. The van der Waals surface area contributed by atoms with Crippen LogP contribution in [-0.4, -0.2) is 28.4 Å². The highest BCUT2D eigenvalue weighted by atomic mass is 16.5. The first kappa shape index (κ1) is 17.0. The molecule has 25 heavy (non-hydrogen) atoms. The normalized spacial score (nSPS) is 12.1. The molecular formula is C20H22N2O3. The molecule has 1 atom stereocenters. The summed E-state index contributed by atoms with van der Waals surface area (Å²) in [6.45, 7) is 0.0583. The van der Waals surface area contributed by atoms with Crippen molar-refractivity contribution < 1.29 is 14.6 Å². The van der Waals surface area contributed by atoms with Crippen molar-refractivity contribution in [3.05, 3.63) is 71.9 Å². The number of fused-ring (bicyclic) bond motifs is 1. The zero-order valence-electron chi connectivity index (χ0n) is 14.2. The van der Waals surface area contributed by atoms with Gasteiger partial charge in [0.2, 0.25) is 0 Å². The molecule has 0 radical (unpaired) electrons.